The van der Waals surface area contributed by atoms with Gasteiger partial charge in [0, 0.05) is 19.3 Å². The second kappa shape index (κ2) is 7.74. The van der Waals surface area contributed by atoms with Crippen molar-refractivity contribution in [3.63, 3.8) is 0 Å². The maximum absolute atomic E-state index is 13.1. The Morgan fingerprint density at radius 1 is 1.42 bits per heavy atom. The smallest absolute Gasteiger partial charge is 0.407 e. The molecule has 3 rings (SSSR count). The van der Waals surface area contributed by atoms with E-state index in [1.54, 1.807) is 29.3 Å². The molecule has 0 spiro atoms. The first kappa shape index (κ1) is 18.2. The molecular formula is C17H20ClN5O3. The first-order valence-electron chi connectivity index (χ1n) is 8.49. The summed E-state index contributed by atoms with van der Waals surface area (Å²) in [6.07, 6.45) is 5.98. The number of nitrogens with zero attached hydrogens (tertiary/aromatic N) is 5. The van der Waals surface area contributed by atoms with Gasteiger partial charge in [0.05, 0.1) is 18.1 Å². The fourth-order valence-corrected chi connectivity index (χ4v) is 3.42. The SMILES string of the molecule is CCN(C(=O)C1CCCCN1C(=O)O)c1cn(-c2cccnc2)nc1Cl. The largest absolute Gasteiger partial charge is 0.465 e. The molecule has 1 saturated heterocycles. The number of pyridine rings is 1. The molecule has 8 nitrogen and oxygen atoms in total. The van der Waals surface area contributed by atoms with E-state index in [0.29, 0.717) is 30.9 Å². The Bertz CT molecular complexity index is 795. The number of piperidine rings is 1. The Balaban J connectivity index is 1.90. The first-order valence-corrected chi connectivity index (χ1v) is 8.87. The number of aromatic nitrogens is 3. The fourth-order valence-electron chi connectivity index (χ4n) is 3.19. The van der Waals surface area contributed by atoms with Crippen LogP contribution in [0.3, 0.4) is 0 Å². The number of likely N-dealkylation sites (N-methyl/N-ethyl adjacent to an activating group) is 1. The van der Waals surface area contributed by atoms with Crippen molar-refractivity contribution in [2.45, 2.75) is 32.2 Å². The molecule has 1 fully saturated rings. The summed E-state index contributed by atoms with van der Waals surface area (Å²) in [5.41, 5.74) is 1.17. The van der Waals surface area contributed by atoms with Crippen molar-refractivity contribution in [1.29, 1.82) is 0 Å². The summed E-state index contributed by atoms with van der Waals surface area (Å²) in [6, 6.07) is 2.91. The van der Waals surface area contributed by atoms with Crippen molar-refractivity contribution in [1.82, 2.24) is 19.7 Å². The summed E-state index contributed by atoms with van der Waals surface area (Å²) in [5, 5.41) is 13.8. The minimum atomic E-state index is -1.07. The third-order valence-electron chi connectivity index (χ3n) is 4.47. The maximum Gasteiger partial charge on any atom is 0.407 e. The van der Waals surface area contributed by atoms with Crippen LogP contribution in [0, 0.1) is 0 Å². The minimum absolute atomic E-state index is 0.182. The van der Waals surface area contributed by atoms with E-state index >= 15 is 0 Å². The average molecular weight is 378 g/mol. The van der Waals surface area contributed by atoms with Crippen molar-refractivity contribution >= 4 is 29.3 Å². The molecule has 1 unspecified atom stereocenters. The van der Waals surface area contributed by atoms with Crippen LogP contribution in [0.2, 0.25) is 5.15 Å². The minimum Gasteiger partial charge on any atom is -0.465 e. The lowest BCUT2D eigenvalue weighted by Gasteiger charge is -2.35. The summed E-state index contributed by atoms with van der Waals surface area (Å²) in [7, 11) is 0. The quantitative estimate of drug-likeness (QED) is 0.884. The molecule has 0 bridgehead atoms. The highest BCUT2D eigenvalue weighted by molar-refractivity contribution is 6.32. The number of likely N-dealkylation sites (tertiary alicyclic amines) is 1. The van der Waals surface area contributed by atoms with Gasteiger partial charge in [0.2, 0.25) is 5.91 Å². The Morgan fingerprint density at radius 2 is 2.23 bits per heavy atom. The van der Waals surface area contributed by atoms with E-state index in [-0.39, 0.29) is 11.1 Å². The van der Waals surface area contributed by atoms with Crippen LogP contribution in [0.1, 0.15) is 26.2 Å². The number of carbonyl (C=O) groups is 2. The number of amides is 2. The molecular weight excluding hydrogens is 358 g/mol. The van der Waals surface area contributed by atoms with Crippen LogP contribution >= 0.6 is 11.6 Å². The summed E-state index contributed by atoms with van der Waals surface area (Å²) in [5.74, 6) is -0.276. The second-order valence-corrected chi connectivity index (χ2v) is 6.39. The van der Waals surface area contributed by atoms with Crippen molar-refractivity contribution in [2.24, 2.45) is 0 Å². The Labute approximate surface area is 156 Å². The van der Waals surface area contributed by atoms with Gasteiger partial charge in [-0.25, -0.2) is 9.48 Å². The molecule has 0 radical (unpaired) electrons. The van der Waals surface area contributed by atoms with Crippen LogP contribution < -0.4 is 4.90 Å². The van der Waals surface area contributed by atoms with Crippen LogP contribution in [-0.2, 0) is 4.79 Å². The summed E-state index contributed by atoms with van der Waals surface area (Å²) in [4.78, 5) is 31.3. The zero-order valence-corrected chi connectivity index (χ0v) is 15.1. The molecule has 9 heteroatoms. The highest BCUT2D eigenvalue weighted by Gasteiger charge is 2.35. The molecule has 1 aliphatic rings. The van der Waals surface area contributed by atoms with E-state index in [1.165, 1.54) is 9.80 Å². The number of halogens is 1. The lowest BCUT2D eigenvalue weighted by atomic mass is 10.0. The van der Waals surface area contributed by atoms with Gasteiger partial charge in [-0.2, -0.15) is 5.10 Å². The molecule has 26 heavy (non-hydrogen) atoms. The summed E-state index contributed by atoms with van der Waals surface area (Å²) < 4.78 is 1.55. The highest BCUT2D eigenvalue weighted by atomic mass is 35.5. The predicted molar refractivity (Wildman–Crippen MR) is 96.8 cm³/mol. The molecule has 0 saturated carbocycles. The predicted octanol–water partition coefficient (Wildman–Crippen LogP) is 2.81. The molecule has 138 valence electrons. The summed E-state index contributed by atoms with van der Waals surface area (Å²) >= 11 is 6.27. The van der Waals surface area contributed by atoms with E-state index in [9.17, 15) is 14.7 Å². The topological polar surface area (TPSA) is 91.6 Å². The molecule has 1 N–H and O–H groups in total. The third-order valence-corrected chi connectivity index (χ3v) is 4.74. The molecule has 1 aliphatic heterocycles. The number of hydrogen-bond donors (Lipinski definition) is 1. The number of anilines is 1. The number of hydrogen-bond acceptors (Lipinski definition) is 4. The number of carbonyl (C=O) groups excluding carboxylic acids is 1. The zero-order chi connectivity index (χ0) is 18.7. The molecule has 3 heterocycles. The highest BCUT2D eigenvalue weighted by Crippen LogP contribution is 2.28. The standard InChI is InChI=1S/C17H20ClN5O3/c1-2-21(16(24)13-7-3-4-9-22(13)17(25)26)14-11-23(20-15(14)18)12-6-5-8-19-10-12/h5-6,8,10-11,13H,2-4,7,9H2,1H3,(H,25,26). The van der Waals surface area contributed by atoms with Crippen LogP contribution in [0.15, 0.2) is 30.7 Å². The van der Waals surface area contributed by atoms with Crippen LogP contribution in [0.4, 0.5) is 10.5 Å². The lowest BCUT2D eigenvalue weighted by Crippen LogP contribution is -2.52. The van der Waals surface area contributed by atoms with Crippen molar-refractivity contribution in [2.75, 3.05) is 18.0 Å². The Kier molecular flexibility index (Phi) is 5.41. The molecule has 2 aromatic rings. The molecule has 0 aliphatic carbocycles. The molecule has 2 amide bonds. The van der Waals surface area contributed by atoms with Gasteiger partial charge in [-0.05, 0) is 38.3 Å². The van der Waals surface area contributed by atoms with Gasteiger partial charge in [0.25, 0.3) is 0 Å². The fraction of sp³-hybridized carbons (Fsp3) is 0.412. The van der Waals surface area contributed by atoms with Crippen molar-refractivity contribution < 1.29 is 14.7 Å². The Morgan fingerprint density at radius 3 is 2.88 bits per heavy atom. The van der Waals surface area contributed by atoms with Crippen molar-refractivity contribution in [3.8, 4) is 5.69 Å². The van der Waals surface area contributed by atoms with Crippen LogP contribution in [0.25, 0.3) is 5.69 Å². The van der Waals surface area contributed by atoms with Crippen molar-refractivity contribution in [3.05, 3.63) is 35.9 Å². The van der Waals surface area contributed by atoms with Gasteiger partial charge in [-0.3, -0.25) is 14.7 Å². The zero-order valence-electron chi connectivity index (χ0n) is 14.4. The molecule has 2 aromatic heterocycles. The molecule has 1 atom stereocenters. The van der Waals surface area contributed by atoms with E-state index < -0.39 is 12.1 Å². The van der Waals surface area contributed by atoms with Gasteiger partial charge < -0.3 is 10.0 Å². The van der Waals surface area contributed by atoms with Gasteiger partial charge in [0.15, 0.2) is 5.15 Å². The van der Waals surface area contributed by atoms with Gasteiger partial charge in [-0.15, -0.1) is 0 Å². The van der Waals surface area contributed by atoms with Gasteiger partial charge >= 0.3 is 6.09 Å². The monoisotopic (exact) mass is 377 g/mol. The number of rotatable bonds is 4. The Hall–Kier alpha value is -2.61. The third kappa shape index (κ3) is 3.50. The lowest BCUT2D eigenvalue weighted by molar-refractivity contribution is -0.124. The normalized spacial score (nSPS) is 17.2. The second-order valence-electron chi connectivity index (χ2n) is 6.03. The van der Waals surface area contributed by atoms with Crippen LogP contribution in [0.5, 0.6) is 0 Å². The maximum atomic E-state index is 13.1. The van der Waals surface area contributed by atoms with Crippen LogP contribution in [-0.4, -0.2) is 55.9 Å². The summed E-state index contributed by atoms with van der Waals surface area (Å²) in [6.45, 7) is 2.55. The van der Waals surface area contributed by atoms with Gasteiger partial charge in [0.1, 0.15) is 11.7 Å². The average Bonchev–Trinajstić information content (AvgIpc) is 3.04. The van der Waals surface area contributed by atoms with E-state index in [1.807, 2.05) is 13.0 Å². The van der Waals surface area contributed by atoms with E-state index in [0.717, 1.165) is 12.8 Å². The van der Waals surface area contributed by atoms with Gasteiger partial charge in [-0.1, -0.05) is 11.6 Å². The number of carboxylic acid groups (broad SMARTS) is 1. The first-order chi connectivity index (χ1) is 12.5. The molecule has 0 aromatic carbocycles. The van der Waals surface area contributed by atoms with E-state index in [4.69, 9.17) is 11.6 Å². The van der Waals surface area contributed by atoms with E-state index in [2.05, 4.69) is 10.1 Å².